The number of hydrogen-bond donors (Lipinski definition) is 1. The number of piperazine rings is 1. The Kier molecular flexibility index (Phi) is 3.74. The Morgan fingerprint density at radius 1 is 1.38 bits per heavy atom. The van der Waals surface area contributed by atoms with Crippen molar-refractivity contribution in [3.05, 3.63) is 0 Å². The number of nitrogens with one attached hydrogen (secondary N) is 1. The molecule has 0 bridgehead atoms. The van der Waals surface area contributed by atoms with Gasteiger partial charge in [0.05, 0.1) is 0 Å². The fourth-order valence-electron chi connectivity index (χ4n) is 2.16. The van der Waals surface area contributed by atoms with Crippen molar-refractivity contribution in [3.63, 3.8) is 0 Å². The van der Waals surface area contributed by atoms with Crippen LogP contribution in [0.15, 0.2) is 0 Å². The Morgan fingerprint density at radius 3 is 2.62 bits per heavy atom. The van der Waals surface area contributed by atoms with Gasteiger partial charge in [0, 0.05) is 25.7 Å². The molecule has 0 spiro atoms. The molecule has 0 saturated carbocycles. The van der Waals surface area contributed by atoms with Crippen LogP contribution in [-0.4, -0.2) is 37.1 Å². The van der Waals surface area contributed by atoms with E-state index in [1.165, 1.54) is 19.5 Å². The zero-order chi connectivity index (χ0) is 9.90. The third-order valence-electron chi connectivity index (χ3n) is 2.86. The molecule has 1 heterocycles. The monoisotopic (exact) mass is 184 g/mol. The van der Waals surface area contributed by atoms with Gasteiger partial charge in [0.25, 0.3) is 0 Å². The van der Waals surface area contributed by atoms with Crippen molar-refractivity contribution < 1.29 is 0 Å². The van der Waals surface area contributed by atoms with Crippen LogP contribution in [0.5, 0.6) is 0 Å². The molecule has 0 aromatic rings. The van der Waals surface area contributed by atoms with Gasteiger partial charge in [-0.2, -0.15) is 0 Å². The van der Waals surface area contributed by atoms with E-state index in [0.717, 1.165) is 13.1 Å². The molecular formula is C11H24N2. The molecule has 78 valence electrons. The average molecular weight is 184 g/mol. The lowest BCUT2D eigenvalue weighted by molar-refractivity contribution is 0.0757. The van der Waals surface area contributed by atoms with Gasteiger partial charge < -0.3 is 5.32 Å². The van der Waals surface area contributed by atoms with Crippen LogP contribution in [-0.2, 0) is 0 Å². The highest BCUT2D eigenvalue weighted by molar-refractivity contribution is 4.88. The van der Waals surface area contributed by atoms with E-state index < -0.39 is 0 Å². The summed E-state index contributed by atoms with van der Waals surface area (Å²) in [6, 6.07) is 0.709. The summed E-state index contributed by atoms with van der Waals surface area (Å²) >= 11 is 0. The third kappa shape index (κ3) is 2.96. The summed E-state index contributed by atoms with van der Waals surface area (Å²) in [5.74, 6) is 0. The van der Waals surface area contributed by atoms with Crippen molar-refractivity contribution in [2.75, 3.05) is 26.2 Å². The van der Waals surface area contributed by atoms with E-state index in [1.54, 1.807) is 0 Å². The summed E-state index contributed by atoms with van der Waals surface area (Å²) in [6.45, 7) is 14.1. The first-order valence-corrected chi connectivity index (χ1v) is 5.50. The molecular weight excluding hydrogens is 160 g/mol. The van der Waals surface area contributed by atoms with Gasteiger partial charge in [0.15, 0.2) is 0 Å². The van der Waals surface area contributed by atoms with Gasteiger partial charge in [-0.05, 0) is 18.4 Å². The molecule has 1 atom stereocenters. The van der Waals surface area contributed by atoms with Gasteiger partial charge in [0.1, 0.15) is 0 Å². The van der Waals surface area contributed by atoms with Crippen molar-refractivity contribution in [2.24, 2.45) is 5.41 Å². The minimum absolute atomic E-state index is 0.405. The van der Waals surface area contributed by atoms with Crippen molar-refractivity contribution in [2.45, 2.75) is 40.2 Å². The molecule has 1 saturated heterocycles. The first-order valence-electron chi connectivity index (χ1n) is 5.50. The average Bonchev–Trinajstić information content (AvgIpc) is 2.04. The second kappa shape index (κ2) is 4.43. The zero-order valence-corrected chi connectivity index (χ0v) is 9.56. The standard InChI is InChI=1S/C11H24N2/c1-5-7-13-8-6-12-9-10(13)11(2,3)4/h10,12H,5-9H2,1-4H3. The van der Waals surface area contributed by atoms with E-state index in [0.29, 0.717) is 11.5 Å². The van der Waals surface area contributed by atoms with Gasteiger partial charge in [-0.15, -0.1) is 0 Å². The van der Waals surface area contributed by atoms with Crippen molar-refractivity contribution in [1.82, 2.24) is 10.2 Å². The molecule has 0 aromatic carbocycles. The minimum atomic E-state index is 0.405. The molecule has 2 nitrogen and oxygen atoms in total. The second-order valence-electron chi connectivity index (χ2n) is 5.12. The Bertz CT molecular complexity index is 147. The van der Waals surface area contributed by atoms with E-state index in [1.807, 2.05) is 0 Å². The maximum Gasteiger partial charge on any atom is 0.0269 e. The summed E-state index contributed by atoms with van der Waals surface area (Å²) < 4.78 is 0. The Labute approximate surface area is 82.7 Å². The Morgan fingerprint density at radius 2 is 2.08 bits per heavy atom. The van der Waals surface area contributed by atoms with E-state index in [-0.39, 0.29) is 0 Å². The fourth-order valence-corrected chi connectivity index (χ4v) is 2.16. The SMILES string of the molecule is CCCN1CCNCC1C(C)(C)C. The molecule has 1 aliphatic rings. The summed E-state index contributed by atoms with van der Waals surface area (Å²) in [5, 5.41) is 3.49. The van der Waals surface area contributed by atoms with Crippen LogP contribution in [0.4, 0.5) is 0 Å². The summed E-state index contributed by atoms with van der Waals surface area (Å²) in [6.07, 6.45) is 1.27. The predicted molar refractivity (Wildman–Crippen MR) is 58.0 cm³/mol. The maximum absolute atomic E-state index is 3.49. The van der Waals surface area contributed by atoms with Crippen molar-refractivity contribution in [3.8, 4) is 0 Å². The largest absolute Gasteiger partial charge is 0.314 e. The molecule has 0 aromatic heterocycles. The fraction of sp³-hybridized carbons (Fsp3) is 1.00. The highest BCUT2D eigenvalue weighted by Gasteiger charge is 2.31. The van der Waals surface area contributed by atoms with Crippen LogP contribution < -0.4 is 5.32 Å². The van der Waals surface area contributed by atoms with Crippen molar-refractivity contribution >= 4 is 0 Å². The third-order valence-corrected chi connectivity index (χ3v) is 2.86. The lowest BCUT2D eigenvalue weighted by Gasteiger charge is -2.43. The van der Waals surface area contributed by atoms with Gasteiger partial charge in [0.2, 0.25) is 0 Å². The van der Waals surface area contributed by atoms with E-state index >= 15 is 0 Å². The highest BCUT2D eigenvalue weighted by Crippen LogP contribution is 2.25. The predicted octanol–water partition coefficient (Wildman–Crippen LogP) is 1.72. The molecule has 0 amide bonds. The van der Waals surface area contributed by atoms with Crippen molar-refractivity contribution in [1.29, 1.82) is 0 Å². The summed E-state index contributed by atoms with van der Waals surface area (Å²) in [5.41, 5.74) is 0.405. The molecule has 0 aliphatic carbocycles. The number of nitrogens with zero attached hydrogens (tertiary/aromatic N) is 1. The van der Waals surface area contributed by atoms with Crippen LogP contribution in [0, 0.1) is 5.41 Å². The van der Waals surface area contributed by atoms with Crippen LogP contribution in [0.3, 0.4) is 0 Å². The Balaban J connectivity index is 2.56. The van der Waals surface area contributed by atoms with Crippen LogP contribution >= 0.6 is 0 Å². The molecule has 0 radical (unpaired) electrons. The summed E-state index contributed by atoms with van der Waals surface area (Å²) in [4.78, 5) is 2.64. The van der Waals surface area contributed by atoms with E-state index in [9.17, 15) is 0 Å². The molecule has 1 unspecified atom stereocenters. The minimum Gasteiger partial charge on any atom is -0.314 e. The van der Waals surface area contributed by atoms with Gasteiger partial charge in [-0.25, -0.2) is 0 Å². The molecule has 1 aliphatic heterocycles. The lowest BCUT2D eigenvalue weighted by Crippen LogP contribution is -2.56. The lowest BCUT2D eigenvalue weighted by atomic mass is 9.84. The smallest absolute Gasteiger partial charge is 0.0269 e. The summed E-state index contributed by atoms with van der Waals surface area (Å²) in [7, 11) is 0. The normalized spacial score (nSPS) is 26.3. The molecule has 2 heteroatoms. The van der Waals surface area contributed by atoms with Crippen LogP contribution in [0.1, 0.15) is 34.1 Å². The quantitative estimate of drug-likeness (QED) is 0.703. The first-order chi connectivity index (χ1) is 6.05. The molecule has 1 rings (SSSR count). The topological polar surface area (TPSA) is 15.3 Å². The van der Waals surface area contributed by atoms with Gasteiger partial charge in [-0.1, -0.05) is 27.7 Å². The van der Waals surface area contributed by atoms with Gasteiger partial charge >= 0.3 is 0 Å². The number of rotatable bonds is 2. The zero-order valence-electron chi connectivity index (χ0n) is 9.56. The molecule has 1 N–H and O–H groups in total. The Hall–Kier alpha value is -0.0800. The molecule has 1 fully saturated rings. The molecule has 13 heavy (non-hydrogen) atoms. The van der Waals surface area contributed by atoms with Crippen LogP contribution in [0.2, 0.25) is 0 Å². The van der Waals surface area contributed by atoms with E-state index in [4.69, 9.17) is 0 Å². The second-order valence-corrected chi connectivity index (χ2v) is 5.12. The highest BCUT2D eigenvalue weighted by atomic mass is 15.2. The van der Waals surface area contributed by atoms with E-state index in [2.05, 4.69) is 37.9 Å². The number of hydrogen-bond acceptors (Lipinski definition) is 2. The maximum atomic E-state index is 3.49. The first kappa shape index (κ1) is 11.0. The van der Waals surface area contributed by atoms with Gasteiger partial charge in [-0.3, -0.25) is 4.90 Å². The van der Waals surface area contributed by atoms with Crippen LogP contribution in [0.25, 0.3) is 0 Å².